The zero-order valence-corrected chi connectivity index (χ0v) is 19.5. The van der Waals surface area contributed by atoms with Crippen molar-refractivity contribution in [1.82, 2.24) is 9.55 Å². The van der Waals surface area contributed by atoms with E-state index in [-0.39, 0.29) is 31.6 Å². The molecule has 174 valence electrons. The van der Waals surface area contributed by atoms with Gasteiger partial charge in [0.1, 0.15) is 18.0 Å². The normalized spacial score (nSPS) is 30.7. The van der Waals surface area contributed by atoms with E-state index in [1.165, 1.54) is 12.3 Å². The topological polar surface area (TPSA) is 141 Å². The van der Waals surface area contributed by atoms with E-state index < -0.39 is 48.2 Å². The summed E-state index contributed by atoms with van der Waals surface area (Å²) in [5.74, 6) is -0.844. The number of alkyl halides is 2. The highest BCUT2D eigenvalue weighted by Gasteiger charge is 2.62. The molecule has 5 atom stereocenters. The van der Waals surface area contributed by atoms with Crippen LogP contribution in [0.5, 0.6) is 0 Å². The van der Waals surface area contributed by atoms with E-state index in [2.05, 4.69) is 4.98 Å². The third kappa shape index (κ3) is 5.42. The molecule has 0 amide bonds. The average molecular weight is 500 g/mol. The van der Waals surface area contributed by atoms with Gasteiger partial charge in [0.05, 0.1) is 25.2 Å². The highest BCUT2D eigenvalue weighted by molar-refractivity contribution is 7.48. The van der Waals surface area contributed by atoms with Crippen LogP contribution in [0.15, 0.2) is 17.1 Å². The number of fused-ring (bicyclic) bond motifs is 1. The molecule has 2 N–H and O–H groups in total. The lowest BCUT2D eigenvalue weighted by atomic mass is 10.1. The maximum Gasteiger partial charge on any atom is 0.475 e. The van der Waals surface area contributed by atoms with Crippen LogP contribution in [-0.4, -0.2) is 51.4 Å². The quantitative estimate of drug-likeness (QED) is 0.337. The summed E-state index contributed by atoms with van der Waals surface area (Å²) in [6.07, 6.45) is -1.79. The molecule has 0 aromatic carbocycles. The van der Waals surface area contributed by atoms with E-state index in [0.717, 1.165) is 4.57 Å². The number of phosphoric ester groups is 1. The van der Waals surface area contributed by atoms with Crippen LogP contribution in [0.3, 0.4) is 0 Å². The molecule has 14 heteroatoms. The van der Waals surface area contributed by atoms with Crippen molar-refractivity contribution in [1.29, 1.82) is 0 Å². The molecule has 1 aromatic rings. The van der Waals surface area contributed by atoms with Crippen LogP contribution >= 0.6 is 31.0 Å². The van der Waals surface area contributed by atoms with Gasteiger partial charge in [0.15, 0.2) is 10.6 Å². The number of carbonyl (C=O) groups excluding carboxylic acids is 1. The number of aromatic nitrogens is 2. The van der Waals surface area contributed by atoms with Crippen LogP contribution in [-0.2, 0) is 32.4 Å². The molecule has 0 saturated carbocycles. The number of carbonyl (C=O) groups is 1. The first-order valence-electron chi connectivity index (χ1n) is 9.59. The second kappa shape index (κ2) is 9.35. The predicted molar refractivity (Wildman–Crippen MR) is 111 cm³/mol. The van der Waals surface area contributed by atoms with E-state index >= 15 is 0 Å². The molecule has 2 saturated heterocycles. The zero-order chi connectivity index (χ0) is 23.0. The van der Waals surface area contributed by atoms with Crippen molar-refractivity contribution in [3.05, 3.63) is 22.7 Å². The Morgan fingerprint density at radius 2 is 2.16 bits per heavy atom. The maximum atomic E-state index is 12.9. The smallest absolute Gasteiger partial charge is 0.463 e. The van der Waals surface area contributed by atoms with Gasteiger partial charge in [0.2, 0.25) is 0 Å². The first-order chi connectivity index (χ1) is 14.4. The Labute approximate surface area is 188 Å². The Morgan fingerprint density at radius 1 is 1.45 bits per heavy atom. The Hall–Kier alpha value is -1.20. The first-order valence-corrected chi connectivity index (χ1v) is 11.8. The molecule has 0 aliphatic carbocycles. The fraction of sp³-hybridized carbons (Fsp3) is 0.706. The van der Waals surface area contributed by atoms with Crippen molar-refractivity contribution >= 4 is 42.8 Å². The molecule has 2 aliphatic rings. The van der Waals surface area contributed by atoms with Crippen LogP contribution in [0.1, 0.15) is 33.4 Å². The second-order valence-electron chi connectivity index (χ2n) is 7.52. The molecule has 31 heavy (non-hydrogen) atoms. The van der Waals surface area contributed by atoms with Crippen molar-refractivity contribution < 1.29 is 32.4 Å². The third-order valence-electron chi connectivity index (χ3n) is 4.65. The van der Waals surface area contributed by atoms with Gasteiger partial charge in [0, 0.05) is 6.20 Å². The van der Waals surface area contributed by atoms with Crippen molar-refractivity contribution in [2.24, 2.45) is 5.92 Å². The van der Waals surface area contributed by atoms with Gasteiger partial charge in [0.25, 0.3) is 0 Å². The van der Waals surface area contributed by atoms with Gasteiger partial charge in [-0.05, 0) is 26.3 Å². The van der Waals surface area contributed by atoms with Gasteiger partial charge < -0.3 is 15.2 Å². The summed E-state index contributed by atoms with van der Waals surface area (Å²) in [7, 11) is -4.04. The molecule has 2 aliphatic heterocycles. The molecule has 2 fully saturated rings. The molecule has 1 aromatic heterocycles. The van der Waals surface area contributed by atoms with Gasteiger partial charge in [-0.25, -0.2) is 9.36 Å². The van der Waals surface area contributed by atoms with Gasteiger partial charge >= 0.3 is 19.5 Å². The van der Waals surface area contributed by atoms with Crippen LogP contribution in [0.2, 0.25) is 0 Å². The monoisotopic (exact) mass is 499 g/mol. The summed E-state index contributed by atoms with van der Waals surface area (Å²) in [6, 6.07) is 1.38. The SMILES string of the molecule is CC(C)OC(=O)[C@@H](C)CCOP1(=O)OC[C@H]2O[C@@H](n3ccc(N)nc3=O)C(Cl)(Cl)[C@@H]2O1. The third-order valence-corrected chi connectivity index (χ3v) is 6.90. The Kier molecular flexibility index (Phi) is 7.37. The van der Waals surface area contributed by atoms with Gasteiger partial charge in [-0.1, -0.05) is 30.1 Å². The van der Waals surface area contributed by atoms with Crippen molar-refractivity contribution in [3.63, 3.8) is 0 Å². The summed E-state index contributed by atoms with van der Waals surface area (Å²) in [5.41, 5.74) is 4.77. The lowest BCUT2D eigenvalue weighted by molar-refractivity contribution is -0.152. The predicted octanol–water partition coefficient (Wildman–Crippen LogP) is 2.41. The first kappa shape index (κ1) is 24.4. The largest absolute Gasteiger partial charge is 0.475 e. The van der Waals surface area contributed by atoms with Crippen LogP contribution < -0.4 is 11.4 Å². The number of anilines is 1. The highest BCUT2D eigenvalue weighted by atomic mass is 35.5. The molecule has 0 bridgehead atoms. The summed E-state index contributed by atoms with van der Waals surface area (Å²) >= 11 is 12.9. The van der Waals surface area contributed by atoms with Crippen molar-refractivity contribution in [2.75, 3.05) is 18.9 Å². The summed E-state index contributed by atoms with van der Waals surface area (Å²) in [6.45, 7) is 4.87. The molecule has 1 unspecified atom stereocenters. The van der Waals surface area contributed by atoms with Crippen molar-refractivity contribution in [2.45, 2.75) is 56.1 Å². The Bertz CT molecular complexity index is 927. The minimum atomic E-state index is -4.04. The highest BCUT2D eigenvalue weighted by Crippen LogP contribution is 2.61. The minimum Gasteiger partial charge on any atom is -0.463 e. The number of hydrogen-bond acceptors (Lipinski definition) is 10. The molecular formula is C17H24Cl2N3O8P. The van der Waals surface area contributed by atoms with Gasteiger partial charge in [-0.2, -0.15) is 4.98 Å². The van der Waals surface area contributed by atoms with Crippen LogP contribution in [0.4, 0.5) is 5.82 Å². The average Bonchev–Trinajstić information content (AvgIpc) is 2.91. The van der Waals surface area contributed by atoms with Crippen LogP contribution in [0, 0.1) is 5.92 Å². The fourth-order valence-electron chi connectivity index (χ4n) is 3.05. The zero-order valence-electron chi connectivity index (χ0n) is 17.1. The van der Waals surface area contributed by atoms with E-state index in [1.54, 1.807) is 20.8 Å². The molecular weight excluding hydrogens is 476 g/mol. The summed E-state index contributed by atoms with van der Waals surface area (Å²) in [5, 5.41) is 0. The number of nitrogens with two attached hydrogens (primary N) is 1. The number of esters is 1. The number of rotatable bonds is 7. The Morgan fingerprint density at radius 3 is 2.81 bits per heavy atom. The van der Waals surface area contributed by atoms with E-state index in [0.29, 0.717) is 0 Å². The molecule has 3 rings (SSSR count). The van der Waals surface area contributed by atoms with E-state index in [4.69, 9.17) is 52.0 Å². The van der Waals surface area contributed by atoms with E-state index in [1.807, 2.05) is 0 Å². The standard InChI is InChI=1S/C17H24Cl2N3O8P/c1-9(2)28-14(23)10(3)5-7-26-31(25)27-8-11-13(30-31)17(18,19)15(29-11)22-6-4-12(20)21-16(22)24/h4,6,9-11,13,15H,5,7-8H2,1-3H3,(H2,20,21,24)/t10-,11+,13+,15+,31?/m0/s1. The summed E-state index contributed by atoms with van der Waals surface area (Å²) in [4.78, 5) is 27.6. The molecule has 0 spiro atoms. The lowest BCUT2D eigenvalue weighted by Gasteiger charge is -2.33. The van der Waals surface area contributed by atoms with Gasteiger partial charge in [-0.15, -0.1) is 0 Å². The molecule has 3 heterocycles. The van der Waals surface area contributed by atoms with Gasteiger partial charge in [-0.3, -0.25) is 22.9 Å². The fourth-order valence-corrected chi connectivity index (χ4v) is 5.29. The number of halogens is 2. The minimum absolute atomic E-state index is 0.0235. The molecule has 11 nitrogen and oxygen atoms in total. The lowest BCUT2D eigenvalue weighted by Crippen LogP contribution is -2.43. The Balaban J connectivity index is 1.64. The number of phosphoric acid groups is 1. The number of ether oxygens (including phenoxy) is 2. The maximum absolute atomic E-state index is 12.9. The number of nitrogen functional groups attached to an aromatic ring is 1. The summed E-state index contributed by atoms with van der Waals surface area (Å²) < 4.78 is 39.0. The van der Waals surface area contributed by atoms with E-state index in [9.17, 15) is 14.2 Å². The second-order valence-corrected chi connectivity index (χ2v) is 10.6. The number of hydrogen-bond donors (Lipinski definition) is 1. The van der Waals surface area contributed by atoms with Crippen LogP contribution in [0.25, 0.3) is 0 Å². The molecule has 0 radical (unpaired) electrons. The number of nitrogens with zero attached hydrogens (tertiary/aromatic N) is 2. The van der Waals surface area contributed by atoms with Crippen molar-refractivity contribution in [3.8, 4) is 0 Å².